The predicted molar refractivity (Wildman–Crippen MR) is 103 cm³/mol. The number of amides is 2. The molecule has 26 heavy (non-hydrogen) atoms. The van der Waals surface area contributed by atoms with Crippen LogP contribution in [0.2, 0.25) is 0 Å². The number of nitrogens with zero attached hydrogens (tertiary/aromatic N) is 1. The molecule has 2 bridgehead atoms. The highest BCUT2D eigenvalue weighted by Gasteiger charge is 2.39. The van der Waals surface area contributed by atoms with Crippen LogP contribution in [0.1, 0.15) is 29.6 Å². The molecular weight excluding hydrogens is 348 g/mol. The second kappa shape index (κ2) is 6.25. The van der Waals surface area contributed by atoms with Gasteiger partial charge in [-0.1, -0.05) is 6.07 Å². The van der Waals surface area contributed by atoms with Gasteiger partial charge in [-0.2, -0.15) is 0 Å². The summed E-state index contributed by atoms with van der Waals surface area (Å²) in [5.41, 5.74) is 0.713. The Kier molecular flexibility index (Phi) is 3.86. The van der Waals surface area contributed by atoms with Gasteiger partial charge < -0.3 is 20.9 Å². The molecule has 0 spiro atoms. The maximum Gasteiger partial charge on any atom is 0.251 e. The smallest absolute Gasteiger partial charge is 0.251 e. The van der Waals surface area contributed by atoms with Crippen LogP contribution in [-0.2, 0) is 4.79 Å². The molecule has 3 atom stereocenters. The highest BCUT2D eigenvalue weighted by Crippen LogP contribution is 2.34. The third-order valence-corrected chi connectivity index (χ3v) is 6.89. The van der Waals surface area contributed by atoms with E-state index in [4.69, 9.17) is 0 Å². The second-order valence-electron chi connectivity index (χ2n) is 7.47. The summed E-state index contributed by atoms with van der Waals surface area (Å²) in [5.74, 6) is 0.0757. The van der Waals surface area contributed by atoms with Crippen molar-refractivity contribution in [2.24, 2.45) is 0 Å². The number of piperazine rings is 1. The molecule has 3 aliphatic rings. The summed E-state index contributed by atoms with van der Waals surface area (Å²) in [4.78, 5) is 26.4. The molecule has 0 aliphatic carbocycles. The number of hydrogen-bond donors (Lipinski definition) is 3. The van der Waals surface area contributed by atoms with Crippen LogP contribution in [0.25, 0.3) is 10.1 Å². The van der Waals surface area contributed by atoms with Gasteiger partial charge in [0.15, 0.2) is 0 Å². The van der Waals surface area contributed by atoms with Crippen LogP contribution in [0.3, 0.4) is 0 Å². The van der Waals surface area contributed by atoms with Crippen molar-refractivity contribution in [1.82, 2.24) is 16.0 Å². The van der Waals surface area contributed by atoms with Crippen LogP contribution in [0.5, 0.6) is 0 Å². The summed E-state index contributed by atoms with van der Waals surface area (Å²) < 4.78 is 1.09. The number of carbonyl (C=O) groups is 2. The van der Waals surface area contributed by atoms with Gasteiger partial charge in [0.25, 0.3) is 5.91 Å². The molecule has 0 unspecified atom stereocenters. The number of carbonyl (C=O) groups excluding carboxylic acids is 2. The zero-order valence-corrected chi connectivity index (χ0v) is 15.3. The number of rotatable bonds is 3. The molecule has 3 N–H and O–H groups in total. The van der Waals surface area contributed by atoms with Crippen molar-refractivity contribution in [3.8, 4) is 0 Å². The highest BCUT2D eigenvalue weighted by molar-refractivity contribution is 7.22. The largest absolute Gasteiger partial charge is 0.353 e. The Balaban J connectivity index is 1.34. The Morgan fingerprint density at radius 2 is 2.19 bits per heavy atom. The molecule has 7 heteroatoms. The number of benzene rings is 1. The second-order valence-corrected chi connectivity index (χ2v) is 8.53. The molecule has 5 rings (SSSR count). The van der Waals surface area contributed by atoms with Gasteiger partial charge in [-0.05, 0) is 42.8 Å². The van der Waals surface area contributed by atoms with Gasteiger partial charge in [0, 0.05) is 41.5 Å². The number of hydrogen-bond acceptors (Lipinski definition) is 5. The van der Waals surface area contributed by atoms with E-state index in [2.05, 4.69) is 26.9 Å². The van der Waals surface area contributed by atoms with Crippen LogP contribution in [0, 0.1) is 0 Å². The van der Waals surface area contributed by atoms with Gasteiger partial charge in [-0.3, -0.25) is 9.59 Å². The fourth-order valence-corrected chi connectivity index (χ4v) is 5.50. The van der Waals surface area contributed by atoms with Crippen molar-refractivity contribution in [2.75, 3.05) is 24.5 Å². The van der Waals surface area contributed by atoms with Gasteiger partial charge in [-0.25, -0.2) is 0 Å². The standard InChI is InChI=1S/C19H22N4O2S/c24-17-10-23(6-5-20-17)18-8-11-1-2-12(7-16(11)26-18)19(25)22-15-9-13-3-4-14(15)21-13/h1-2,7-8,13-15,21H,3-6,9-10H2,(H,20,24)(H,22,25)/t13-,14+,15-/m1/s1. The molecule has 2 amide bonds. The number of thiophene rings is 1. The SMILES string of the molecule is O=C1CN(c2cc3ccc(C(=O)N[C@@H]4C[C@H]5CC[C@@H]4N5)cc3s2)CCN1. The maximum absolute atomic E-state index is 12.7. The lowest BCUT2D eigenvalue weighted by atomic mass is 9.95. The van der Waals surface area contributed by atoms with E-state index < -0.39 is 0 Å². The van der Waals surface area contributed by atoms with Crippen molar-refractivity contribution in [3.63, 3.8) is 0 Å². The molecule has 2 aromatic rings. The van der Waals surface area contributed by atoms with Gasteiger partial charge >= 0.3 is 0 Å². The Labute approximate surface area is 155 Å². The lowest BCUT2D eigenvalue weighted by molar-refractivity contribution is -0.120. The van der Waals surface area contributed by atoms with Crippen molar-refractivity contribution in [3.05, 3.63) is 29.8 Å². The molecule has 1 aromatic carbocycles. The molecule has 3 saturated heterocycles. The normalized spacial score (nSPS) is 27.8. The molecule has 3 aliphatic heterocycles. The summed E-state index contributed by atoms with van der Waals surface area (Å²) in [5, 5.41) is 11.8. The lowest BCUT2D eigenvalue weighted by Crippen LogP contribution is -2.47. The van der Waals surface area contributed by atoms with Crippen LogP contribution >= 0.6 is 11.3 Å². The first-order valence-electron chi connectivity index (χ1n) is 9.28. The third kappa shape index (κ3) is 2.85. The minimum absolute atomic E-state index is 0.0125. The fourth-order valence-electron chi connectivity index (χ4n) is 4.38. The predicted octanol–water partition coefficient (Wildman–Crippen LogP) is 1.46. The summed E-state index contributed by atoms with van der Waals surface area (Å²) in [6.07, 6.45) is 3.43. The van der Waals surface area contributed by atoms with Crippen LogP contribution in [0.4, 0.5) is 5.00 Å². The summed E-state index contributed by atoms with van der Waals surface area (Å²) >= 11 is 1.65. The molecule has 3 fully saturated rings. The van der Waals surface area contributed by atoms with Crippen molar-refractivity contribution >= 4 is 38.2 Å². The molecule has 136 valence electrons. The van der Waals surface area contributed by atoms with E-state index in [1.54, 1.807) is 11.3 Å². The van der Waals surface area contributed by atoms with Gasteiger partial charge in [0.05, 0.1) is 11.5 Å². The van der Waals surface area contributed by atoms with Crippen LogP contribution in [0.15, 0.2) is 24.3 Å². The molecule has 4 heterocycles. The average molecular weight is 370 g/mol. The molecule has 0 saturated carbocycles. The summed E-state index contributed by atoms with van der Waals surface area (Å²) in [6.45, 7) is 1.90. The van der Waals surface area contributed by atoms with Crippen molar-refractivity contribution < 1.29 is 9.59 Å². The van der Waals surface area contributed by atoms with E-state index in [1.807, 2.05) is 18.2 Å². The van der Waals surface area contributed by atoms with E-state index in [0.717, 1.165) is 34.5 Å². The van der Waals surface area contributed by atoms with Gasteiger partial charge in [0.2, 0.25) is 5.91 Å². The topological polar surface area (TPSA) is 73.5 Å². The minimum Gasteiger partial charge on any atom is -0.353 e. The monoisotopic (exact) mass is 370 g/mol. The highest BCUT2D eigenvalue weighted by atomic mass is 32.1. The van der Waals surface area contributed by atoms with Crippen molar-refractivity contribution in [2.45, 2.75) is 37.4 Å². The summed E-state index contributed by atoms with van der Waals surface area (Å²) in [6, 6.07) is 9.26. The zero-order valence-electron chi connectivity index (χ0n) is 14.5. The third-order valence-electron chi connectivity index (χ3n) is 5.74. The number of anilines is 1. The van der Waals surface area contributed by atoms with Gasteiger partial charge in [0.1, 0.15) is 0 Å². The Morgan fingerprint density at radius 3 is 2.96 bits per heavy atom. The van der Waals surface area contributed by atoms with Crippen LogP contribution in [-0.4, -0.2) is 49.6 Å². The zero-order chi connectivity index (χ0) is 17.7. The first-order chi connectivity index (χ1) is 12.7. The van der Waals surface area contributed by atoms with E-state index >= 15 is 0 Å². The molecule has 0 radical (unpaired) electrons. The molecule has 1 aromatic heterocycles. The van der Waals surface area contributed by atoms with Crippen molar-refractivity contribution in [1.29, 1.82) is 0 Å². The first-order valence-corrected chi connectivity index (χ1v) is 10.1. The Hall–Kier alpha value is -2.12. The number of nitrogens with one attached hydrogen (secondary N) is 3. The molecular formula is C19H22N4O2S. The average Bonchev–Trinajstić information content (AvgIpc) is 3.36. The Morgan fingerprint density at radius 1 is 1.27 bits per heavy atom. The quantitative estimate of drug-likeness (QED) is 0.765. The lowest BCUT2D eigenvalue weighted by Gasteiger charge is -2.26. The first kappa shape index (κ1) is 16.1. The van der Waals surface area contributed by atoms with Gasteiger partial charge in [-0.15, -0.1) is 11.3 Å². The molecule has 6 nitrogen and oxygen atoms in total. The van der Waals surface area contributed by atoms with E-state index in [1.165, 1.54) is 6.42 Å². The van der Waals surface area contributed by atoms with Crippen LogP contribution < -0.4 is 20.9 Å². The minimum atomic E-state index is 0.0125. The number of fused-ring (bicyclic) bond motifs is 3. The van der Waals surface area contributed by atoms with E-state index in [0.29, 0.717) is 30.7 Å². The maximum atomic E-state index is 12.7. The van der Waals surface area contributed by atoms with E-state index in [9.17, 15) is 9.59 Å². The summed E-state index contributed by atoms with van der Waals surface area (Å²) in [7, 11) is 0. The van der Waals surface area contributed by atoms with E-state index in [-0.39, 0.29) is 17.9 Å². The fraction of sp³-hybridized carbons (Fsp3) is 0.474. The Bertz CT molecular complexity index is 880.